The summed E-state index contributed by atoms with van der Waals surface area (Å²) in [5.41, 5.74) is 1.20. The smallest absolute Gasteiger partial charge is 0.254 e. The molecule has 0 unspecified atom stereocenters. The number of nitrogens with zero attached hydrogens (tertiary/aromatic N) is 3. The molecule has 3 aliphatic rings. The molecule has 6 heteroatoms. The van der Waals surface area contributed by atoms with Crippen LogP contribution in [0.4, 0.5) is 0 Å². The van der Waals surface area contributed by atoms with E-state index in [0.29, 0.717) is 22.6 Å². The van der Waals surface area contributed by atoms with E-state index in [4.69, 9.17) is 4.42 Å². The van der Waals surface area contributed by atoms with Gasteiger partial charge < -0.3 is 4.42 Å². The molecule has 1 saturated carbocycles. The molecule has 1 aromatic heterocycles. The Bertz CT molecular complexity index is 1030. The van der Waals surface area contributed by atoms with Crippen LogP contribution in [0.15, 0.2) is 58.1 Å². The fourth-order valence-electron chi connectivity index (χ4n) is 4.48. The van der Waals surface area contributed by atoms with Crippen molar-refractivity contribution < 1.29 is 14.0 Å². The third kappa shape index (κ3) is 2.28. The highest BCUT2D eigenvalue weighted by Crippen LogP contribution is 2.52. The van der Waals surface area contributed by atoms with Gasteiger partial charge in [-0.25, -0.2) is 0 Å². The van der Waals surface area contributed by atoms with Crippen LogP contribution in [-0.4, -0.2) is 23.0 Å². The SMILES string of the molecule is N#Cc1ccccc1-c1ccc(/C=N\N2C(=O)[C@H]3[C@H](C2=O)[C@H]2C=C[C@H]3C2)o1. The lowest BCUT2D eigenvalue weighted by molar-refractivity contribution is -0.140. The van der Waals surface area contributed by atoms with Crippen molar-refractivity contribution in [2.24, 2.45) is 28.8 Å². The number of hydrogen-bond acceptors (Lipinski definition) is 5. The van der Waals surface area contributed by atoms with Crippen LogP contribution < -0.4 is 0 Å². The lowest BCUT2D eigenvalue weighted by atomic mass is 9.85. The average molecular weight is 357 g/mol. The van der Waals surface area contributed by atoms with E-state index in [-0.39, 0.29) is 35.5 Å². The summed E-state index contributed by atoms with van der Waals surface area (Å²) < 4.78 is 5.73. The van der Waals surface area contributed by atoms with Gasteiger partial charge in [0.1, 0.15) is 11.5 Å². The number of amides is 2. The molecule has 4 atom stereocenters. The second kappa shape index (κ2) is 5.78. The number of hydrazone groups is 1. The summed E-state index contributed by atoms with van der Waals surface area (Å²) >= 11 is 0. The Morgan fingerprint density at radius 1 is 1.07 bits per heavy atom. The number of benzene rings is 1. The van der Waals surface area contributed by atoms with Crippen molar-refractivity contribution in [2.75, 3.05) is 0 Å². The minimum absolute atomic E-state index is 0.161. The van der Waals surface area contributed by atoms with Crippen LogP contribution in [0.3, 0.4) is 0 Å². The van der Waals surface area contributed by atoms with Crippen molar-refractivity contribution in [1.29, 1.82) is 5.26 Å². The largest absolute Gasteiger partial charge is 0.455 e. The summed E-state index contributed by atoms with van der Waals surface area (Å²) in [6.07, 6.45) is 6.38. The summed E-state index contributed by atoms with van der Waals surface area (Å²) in [5.74, 6) is 0.296. The highest BCUT2D eigenvalue weighted by atomic mass is 16.3. The molecular weight excluding hydrogens is 342 g/mol. The summed E-state index contributed by atoms with van der Waals surface area (Å²) in [4.78, 5) is 25.2. The predicted octanol–water partition coefficient (Wildman–Crippen LogP) is 2.96. The topological polar surface area (TPSA) is 86.7 Å². The fourth-order valence-corrected chi connectivity index (χ4v) is 4.48. The van der Waals surface area contributed by atoms with Gasteiger partial charge in [-0.2, -0.15) is 15.4 Å². The van der Waals surface area contributed by atoms with Gasteiger partial charge in [-0.3, -0.25) is 9.59 Å². The maximum Gasteiger partial charge on any atom is 0.254 e. The Morgan fingerprint density at radius 2 is 1.78 bits per heavy atom. The zero-order chi connectivity index (χ0) is 18.5. The third-order valence-electron chi connectivity index (χ3n) is 5.69. The van der Waals surface area contributed by atoms with Crippen molar-refractivity contribution in [3.8, 4) is 17.4 Å². The van der Waals surface area contributed by atoms with Gasteiger partial charge in [0.15, 0.2) is 0 Å². The molecule has 2 aromatic rings. The molecule has 1 saturated heterocycles. The Kier molecular flexibility index (Phi) is 3.37. The molecule has 0 N–H and O–H groups in total. The van der Waals surface area contributed by atoms with Crippen LogP contribution >= 0.6 is 0 Å². The van der Waals surface area contributed by atoms with Crippen LogP contribution in [0, 0.1) is 35.0 Å². The zero-order valence-electron chi connectivity index (χ0n) is 14.3. The molecule has 2 fully saturated rings. The van der Waals surface area contributed by atoms with Crippen molar-refractivity contribution in [3.63, 3.8) is 0 Å². The van der Waals surface area contributed by atoms with Gasteiger partial charge in [0.05, 0.1) is 29.7 Å². The van der Waals surface area contributed by atoms with E-state index >= 15 is 0 Å². The summed E-state index contributed by atoms with van der Waals surface area (Å²) in [5, 5.41) is 14.3. The van der Waals surface area contributed by atoms with Crippen molar-refractivity contribution >= 4 is 18.0 Å². The van der Waals surface area contributed by atoms with Gasteiger partial charge in [0.25, 0.3) is 11.8 Å². The molecule has 1 aromatic carbocycles. The number of imide groups is 1. The number of rotatable bonds is 3. The molecule has 5 rings (SSSR count). The lowest BCUT2D eigenvalue weighted by Crippen LogP contribution is -2.28. The van der Waals surface area contributed by atoms with E-state index in [1.165, 1.54) is 6.21 Å². The summed E-state index contributed by atoms with van der Waals surface area (Å²) in [6.45, 7) is 0. The highest BCUT2D eigenvalue weighted by Gasteiger charge is 2.59. The van der Waals surface area contributed by atoms with E-state index < -0.39 is 0 Å². The maximum absolute atomic E-state index is 12.6. The lowest BCUT2D eigenvalue weighted by Gasteiger charge is -2.13. The molecule has 0 radical (unpaired) electrons. The Balaban J connectivity index is 1.38. The number of carbonyl (C=O) groups excluding carboxylic acids is 2. The zero-order valence-corrected chi connectivity index (χ0v) is 14.3. The van der Waals surface area contributed by atoms with Gasteiger partial charge in [-0.1, -0.05) is 24.3 Å². The second-order valence-electron chi connectivity index (χ2n) is 7.09. The summed E-state index contributed by atoms with van der Waals surface area (Å²) in [7, 11) is 0. The molecule has 27 heavy (non-hydrogen) atoms. The Morgan fingerprint density at radius 3 is 2.48 bits per heavy atom. The Hall–Kier alpha value is -3.46. The van der Waals surface area contributed by atoms with E-state index in [9.17, 15) is 14.9 Å². The highest BCUT2D eigenvalue weighted by molar-refractivity contribution is 6.06. The van der Waals surface area contributed by atoms with Gasteiger partial charge in [-0.05, 0) is 42.5 Å². The predicted molar refractivity (Wildman–Crippen MR) is 96.0 cm³/mol. The molecule has 2 aliphatic carbocycles. The first kappa shape index (κ1) is 15.8. The van der Waals surface area contributed by atoms with Crippen molar-refractivity contribution in [1.82, 2.24) is 5.01 Å². The van der Waals surface area contributed by atoms with E-state index in [1.54, 1.807) is 30.3 Å². The quantitative estimate of drug-likeness (QED) is 0.480. The normalized spacial score (nSPS) is 28.3. The summed E-state index contributed by atoms with van der Waals surface area (Å²) in [6, 6.07) is 12.7. The number of nitriles is 1. The Labute approximate surface area is 155 Å². The first-order valence-electron chi connectivity index (χ1n) is 8.87. The molecule has 2 bridgehead atoms. The molecule has 6 nitrogen and oxygen atoms in total. The van der Waals surface area contributed by atoms with Crippen molar-refractivity contribution in [3.05, 3.63) is 59.9 Å². The number of fused-ring (bicyclic) bond motifs is 5. The van der Waals surface area contributed by atoms with Crippen LogP contribution in [0.2, 0.25) is 0 Å². The third-order valence-corrected chi connectivity index (χ3v) is 5.69. The molecule has 1 aliphatic heterocycles. The van der Waals surface area contributed by atoms with E-state index in [0.717, 1.165) is 11.4 Å². The minimum atomic E-state index is -0.265. The van der Waals surface area contributed by atoms with Crippen LogP contribution in [-0.2, 0) is 9.59 Å². The first-order chi connectivity index (χ1) is 13.2. The van der Waals surface area contributed by atoms with Crippen molar-refractivity contribution in [2.45, 2.75) is 6.42 Å². The van der Waals surface area contributed by atoms with Crippen LogP contribution in [0.5, 0.6) is 0 Å². The molecular formula is C21H15N3O3. The molecule has 132 valence electrons. The van der Waals surface area contributed by atoms with Gasteiger partial charge in [0.2, 0.25) is 0 Å². The number of carbonyl (C=O) groups is 2. The second-order valence-corrected chi connectivity index (χ2v) is 7.09. The van der Waals surface area contributed by atoms with E-state index in [1.807, 2.05) is 6.07 Å². The monoisotopic (exact) mass is 357 g/mol. The first-order valence-corrected chi connectivity index (χ1v) is 8.87. The van der Waals surface area contributed by atoms with Gasteiger partial charge in [0, 0.05) is 5.56 Å². The van der Waals surface area contributed by atoms with Crippen LogP contribution in [0.25, 0.3) is 11.3 Å². The fraction of sp³-hybridized carbons (Fsp3) is 0.238. The number of hydrogen-bond donors (Lipinski definition) is 0. The average Bonchev–Trinajstić information content (AvgIpc) is 3.45. The van der Waals surface area contributed by atoms with Gasteiger partial charge >= 0.3 is 0 Å². The molecule has 2 heterocycles. The number of allylic oxidation sites excluding steroid dienone is 2. The van der Waals surface area contributed by atoms with Crippen LogP contribution in [0.1, 0.15) is 17.7 Å². The maximum atomic E-state index is 12.6. The standard InChI is InChI=1S/C21H15N3O3/c22-10-14-3-1-2-4-16(14)17-8-7-15(27-17)11-23-24-20(25)18-12-5-6-13(9-12)19(18)21(24)26/h1-8,11-13,18-19H,9H2/b23-11-/t12-,13-,18+,19+/m0/s1. The number of furan rings is 1. The molecule has 2 amide bonds. The minimum Gasteiger partial charge on any atom is -0.455 e. The molecule has 0 spiro atoms. The van der Waals surface area contributed by atoms with Gasteiger partial charge in [-0.15, -0.1) is 0 Å². The van der Waals surface area contributed by atoms with E-state index in [2.05, 4.69) is 23.3 Å².